The molecule has 1 N–H and O–H groups in total. The fourth-order valence-electron chi connectivity index (χ4n) is 1.85. The van der Waals surface area contributed by atoms with Gasteiger partial charge in [0.25, 0.3) is 0 Å². The van der Waals surface area contributed by atoms with E-state index >= 15 is 0 Å². The van der Waals surface area contributed by atoms with Crippen molar-refractivity contribution in [2.24, 2.45) is 5.92 Å². The average Bonchev–Trinajstić information content (AvgIpc) is 2.78. The van der Waals surface area contributed by atoms with E-state index in [2.05, 4.69) is 0 Å². The second kappa shape index (κ2) is 5.19. The first-order valence-electron chi connectivity index (χ1n) is 5.71. The van der Waals surface area contributed by atoms with Gasteiger partial charge in [0, 0.05) is 12.5 Å². The molecule has 0 radical (unpaired) electrons. The van der Waals surface area contributed by atoms with Gasteiger partial charge in [-0.15, -0.1) is 0 Å². The summed E-state index contributed by atoms with van der Waals surface area (Å²) in [6.45, 7) is 3.91. The van der Waals surface area contributed by atoms with Gasteiger partial charge in [0.2, 0.25) is 0 Å². The Hall–Kier alpha value is -1.55. The Morgan fingerprint density at radius 1 is 1.59 bits per heavy atom. The summed E-state index contributed by atoms with van der Waals surface area (Å²) in [4.78, 5) is 11.0. The van der Waals surface area contributed by atoms with Gasteiger partial charge in [0.1, 0.15) is 11.3 Å². The second-order valence-corrected chi connectivity index (χ2v) is 4.35. The molecule has 1 atom stereocenters. The number of benzene rings is 1. The molecule has 1 unspecified atom stereocenters. The zero-order valence-electron chi connectivity index (χ0n) is 9.81. The van der Waals surface area contributed by atoms with Crippen LogP contribution in [0, 0.1) is 12.8 Å². The van der Waals surface area contributed by atoms with Gasteiger partial charge in [-0.3, -0.25) is 0 Å². The summed E-state index contributed by atoms with van der Waals surface area (Å²) in [7, 11) is 0. The maximum Gasteiger partial charge on any atom is 0.339 e. The van der Waals surface area contributed by atoms with Crippen molar-refractivity contribution < 1.29 is 19.4 Å². The molecule has 0 spiro atoms. The summed E-state index contributed by atoms with van der Waals surface area (Å²) >= 11 is 0. The SMILES string of the molecule is Cc1ccc(C(=O)O)c(OCC2CCOC2)c1. The maximum absolute atomic E-state index is 11.0. The van der Waals surface area contributed by atoms with Crippen molar-refractivity contribution in [1.29, 1.82) is 0 Å². The van der Waals surface area contributed by atoms with Crippen molar-refractivity contribution >= 4 is 5.97 Å². The maximum atomic E-state index is 11.0. The highest BCUT2D eigenvalue weighted by atomic mass is 16.5. The summed E-state index contributed by atoms with van der Waals surface area (Å²) in [6.07, 6.45) is 0.980. The van der Waals surface area contributed by atoms with Crippen LogP contribution in [0.2, 0.25) is 0 Å². The van der Waals surface area contributed by atoms with Crippen molar-refractivity contribution in [3.8, 4) is 5.75 Å². The summed E-state index contributed by atoms with van der Waals surface area (Å²) in [5, 5.41) is 9.04. The monoisotopic (exact) mass is 236 g/mol. The lowest BCUT2D eigenvalue weighted by molar-refractivity contribution is 0.0691. The van der Waals surface area contributed by atoms with Gasteiger partial charge in [0.05, 0.1) is 13.2 Å². The van der Waals surface area contributed by atoms with Crippen LogP contribution in [0.25, 0.3) is 0 Å². The van der Waals surface area contributed by atoms with E-state index in [1.807, 2.05) is 6.92 Å². The predicted molar refractivity (Wildman–Crippen MR) is 62.6 cm³/mol. The zero-order valence-corrected chi connectivity index (χ0v) is 9.81. The van der Waals surface area contributed by atoms with Crippen molar-refractivity contribution in [3.63, 3.8) is 0 Å². The molecule has 1 aromatic carbocycles. The van der Waals surface area contributed by atoms with E-state index < -0.39 is 5.97 Å². The number of carboxylic acids is 1. The van der Waals surface area contributed by atoms with Gasteiger partial charge >= 0.3 is 5.97 Å². The third-order valence-electron chi connectivity index (χ3n) is 2.87. The summed E-state index contributed by atoms with van der Waals surface area (Å²) in [5.74, 6) is -0.135. The highest BCUT2D eigenvalue weighted by molar-refractivity contribution is 5.90. The van der Waals surface area contributed by atoms with Crippen LogP contribution in [-0.4, -0.2) is 30.9 Å². The molecule has 1 heterocycles. The minimum atomic E-state index is -0.956. The van der Waals surface area contributed by atoms with Crippen LogP contribution in [-0.2, 0) is 4.74 Å². The third kappa shape index (κ3) is 2.97. The van der Waals surface area contributed by atoms with Crippen LogP contribution in [0.15, 0.2) is 18.2 Å². The molecule has 4 nitrogen and oxygen atoms in total. The van der Waals surface area contributed by atoms with Crippen molar-refractivity contribution in [3.05, 3.63) is 29.3 Å². The molecule has 0 bridgehead atoms. The van der Waals surface area contributed by atoms with Gasteiger partial charge < -0.3 is 14.6 Å². The van der Waals surface area contributed by atoms with Crippen LogP contribution in [0.4, 0.5) is 0 Å². The van der Waals surface area contributed by atoms with Crippen LogP contribution in [0.1, 0.15) is 22.3 Å². The average molecular weight is 236 g/mol. The molecule has 1 aliphatic heterocycles. The van der Waals surface area contributed by atoms with E-state index in [4.69, 9.17) is 14.6 Å². The second-order valence-electron chi connectivity index (χ2n) is 4.35. The number of hydrogen-bond donors (Lipinski definition) is 1. The highest BCUT2D eigenvalue weighted by Gasteiger charge is 2.18. The first-order chi connectivity index (χ1) is 8.16. The highest BCUT2D eigenvalue weighted by Crippen LogP contribution is 2.22. The standard InChI is InChI=1S/C13H16O4/c1-9-2-3-11(13(14)15)12(6-9)17-8-10-4-5-16-7-10/h2-3,6,10H,4-5,7-8H2,1H3,(H,14,15). The lowest BCUT2D eigenvalue weighted by atomic mass is 10.1. The molecular weight excluding hydrogens is 220 g/mol. The van der Waals surface area contributed by atoms with Gasteiger partial charge in [0.15, 0.2) is 0 Å². The molecule has 0 aliphatic carbocycles. The largest absolute Gasteiger partial charge is 0.492 e. The summed E-state index contributed by atoms with van der Waals surface area (Å²) in [6, 6.07) is 5.12. The predicted octanol–water partition coefficient (Wildman–Crippen LogP) is 2.11. The van der Waals surface area contributed by atoms with E-state index in [1.54, 1.807) is 18.2 Å². The molecule has 1 fully saturated rings. The van der Waals surface area contributed by atoms with Crippen LogP contribution >= 0.6 is 0 Å². The molecule has 0 aromatic heterocycles. The fraction of sp³-hybridized carbons (Fsp3) is 0.462. The Morgan fingerprint density at radius 2 is 2.41 bits per heavy atom. The van der Waals surface area contributed by atoms with Gasteiger partial charge in [-0.05, 0) is 31.0 Å². The Labute approximate surface area is 100 Å². The van der Waals surface area contributed by atoms with Gasteiger partial charge in [-0.2, -0.15) is 0 Å². The molecule has 92 valence electrons. The van der Waals surface area contributed by atoms with E-state index in [1.165, 1.54) is 0 Å². The van der Waals surface area contributed by atoms with Crippen molar-refractivity contribution in [2.75, 3.05) is 19.8 Å². The Morgan fingerprint density at radius 3 is 3.06 bits per heavy atom. The molecular formula is C13H16O4. The van der Waals surface area contributed by atoms with Gasteiger partial charge in [-0.25, -0.2) is 4.79 Å². The van der Waals surface area contributed by atoms with Crippen LogP contribution in [0.3, 0.4) is 0 Å². The number of aryl methyl sites for hydroxylation is 1. The number of carbonyl (C=O) groups is 1. The minimum Gasteiger partial charge on any atom is -0.492 e. The topological polar surface area (TPSA) is 55.8 Å². The van der Waals surface area contributed by atoms with Crippen molar-refractivity contribution in [1.82, 2.24) is 0 Å². The molecule has 0 saturated carbocycles. The Bertz CT molecular complexity index is 408. The van der Waals surface area contributed by atoms with Crippen molar-refractivity contribution in [2.45, 2.75) is 13.3 Å². The number of aromatic carboxylic acids is 1. The summed E-state index contributed by atoms with van der Waals surface area (Å²) < 4.78 is 10.9. The van der Waals surface area contributed by atoms with Crippen LogP contribution in [0.5, 0.6) is 5.75 Å². The molecule has 1 aliphatic rings. The van der Waals surface area contributed by atoms with E-state index in [-0.39, 0.29) is 5.56 Å². The summed E-state index contributed by atoms with van der Waals surface area (Å²) in [5.41, 5.74) is 1.21. The quantitative estimate of drug-likeness (QED) is 0.869. The molecule has 0 amide bonds. The smallest absolute Gasteiger partial charge is 0.339 e. The molecule has 17 heavy (non-hydrogen) atoms. The lowest BCUT2D eigenvalue weighted by Crippen LogP contribution is -2.13. The third-order valence-corrected chi connectivity index (χ3v) is 2.87. The van der Waals surface area contributed by atoms with E-state index in [0.29, 0.717) is 24.9 Å². The molecule has 1 aromatic rings. The number of ether oxygens (including phenoxy) is 2. The normalized spacial score (nSPS) is 19.2. The Balaban J connectivity index is 2.07. The van der Waals surface area contributed by atoms with Gasteiger partial charge in [-0.1, -0.05) is 6.07 Å². The fourth-order valence-corrected chi connectivity index (χ4v) is 1.85. The lowest BCUT2D eigenvalue weighted by Gasteiger charge is -2.12. The molecule has 4 heteroatoms. The Kier molecular flexibility index (Phi) is 3.64. The number of hydrogen-bond acceptors (Lipinski definition) is 3. The first-order valence-corrected chi connectivity index (χ1v) is 5.71. The van der Waals surface area contributed by atoms with Crippen LogP contribution < -0.4 is 4.74 Å². The molecule has 1 saturated heterocycles. The van der Waals surface area contributed by atoms with E-state index in [9.17, 15) is 4.79 Å². The number of carboxylic acid groups (broad SMARTS) is 1. The molecule has 2 rings (SSSR count). The van der Waals surface area contributed by atoms with E-state index in [0.717, 1.165) is 18.6 Å². The zero-order chi connectivity index (χ0) is 12.3. The number of rotatable bonds is 4. The minimum absolute atomic E-state index is 0.217. The first kappa shape index (κ1) is 11.9.